The molecule has 1 aromatic carbocycles. The Morgan fingerprint density at radius 3 is 2.51 bits per heavy atom. The van der Waals surface area contributed by atoms with Crippen LogP contribution in [0.3, 0.4) is 0 Å². The number of rotatable bonds is 6. The second-order valence-electron chi connectivity index (χ2n) is 9.88. The zero-order chi connectivity index (χ0) is 25.3. The van der Waals surface area contributed by atoms with Crippen LogP contribution in [0.25, 0.3) is 11.3 Å². The zero-order valence-electron chi connectivity index (χ0n) is 20.3. The maximum Gasteiger partial charge on any atom is 0.269 e. The third-order valence-electron chi connectivity index (χ3n) is 6.56. The van der Waals surface area contributed by atoms with E-state index in [0.717, 1.165) is 27.9 Å². The van der Waals surface area contributed by atoms with Gasteiger partial charge in [0.2, 0.25) is 0 Å². The smallest absolute Gasteiger partial charge is 0.269 e. The summed E-state index contributed by atoms with van der Waals surface area (Å²) in [6, 6.07) is 9.40. The van der Waals surface area contributed by atoms with Crippen molar-refractivity contribution in [1.29, 1.82) is 5.26 Å². The van der Waals surface area contributed by atoms with Crippen molar-refractivity contribution in [2.45, 2.75) is 58.5 Å². The van der Waals surface area contributed by atoms with E-state index in [1.807, 2.05) is 39.8 Å². The summed E-state index contributed by atoms with van der Waals surface area (Å²) in [5.74, 6) is -1.70. The normalized spacial score (nSPS) is 20.8. The van der Waals surface area contributed by atoms with Crippen molar-refractivity contribution < 1.29 is 19.2 Å². The van der Waals surface area contributed by atoms with Crippen LogP contribution in [0, 0.1) is 31.1 Å². The molecule has 0 saturated heterocycles. The van der Waals surface area contributed by atoms with Crippen LogP contribution >= 0.6 is 0 Å². The van der Waals surface area contributed by atoms with Crippen molar-refractivity contribution in [2.24, 2.45) is 11.1 Å². The number of carbonyl (C=O) groups excluding carboxylic acids is 3. The van der Waals surface area contributed by atoms with Crippen molar-refractivity contribution >= 4 is 23.2 Å². The molecule has 1 fully saturated rings. The first-order valence-corrected chi connectivity index (χ1v) is 11.7. The van der Waals surface area contributed by atoms with E-state index in [1.54, 1.807) is 12.1 Å². The van der Waals surface area contributed by atoms with Gasteiger partial charge in [-0.25, -0.2) is 0 Å². The SMILES string of the molecule is Cc1cc(-c2ccc(C#N)cn2)cc(C)c1C1C(=O)CC(CCNC(=O)C2=NOC(C)(C)C2)C1=O. The number of benzene rings is 1. The van der Waals surface area contributed by atoms with Gasteiger partial charge in [0.1, 0.15) is 29.1 Å². The highest BCUT2D eigenvalue weighted by molar-refractivity contribution is 6.39. The predicted molar refractivity (Wildman–Crippen MR) is 130 cm³/mol. The Labute approximate surface area is 204 Å². The monoisotopic (exact) mass is 472 g/mol. The summed E-state index contributed by atoms with van der Waals surface area (Å²) in [6.45, 7) is 7.80. The lowest BCUT2D eigenvalue weighted by Crippen LogP contribution is -2.34. The number of nitrogens with one attached hydrogen (secondary N) is 1. The fourth-order valence-corrected chi connectivity index (χ4v) is 4.84. The van der Waals surface area contributed by atoms with E-state index in [9.17, 15) is 14.4 Å². The Hall–Kier alpha value is -3.86. The van der Waals surface area contributed by atoms with Gasteiger partial charge in [-0.2, -0.15) is 5.26 Å². The highest BCUT2D eigenvalue weighted by atomic mass is 16.7. The van der Waals surface area contributed by atoms with Gasteiger partial charge in [-0.15, -0.1) is 0 Å². The van der Waals surface area contributed by atoms with Crippen LogP contribution in [0.4, 0.5) is 0 Å². The molecule has 1 aromatic heterocycles. The van der Waals surface area contributed by atoms with Gasteiger partial charge >= 0.3 is 0 Å². The number of nitrogens with zero attached hydrogens (tertiary/aromatic N) is 3. The molecule has 1 amide bonds. The van der Waals surface area contributed by atoms with Crippen LogP contribution in [0.2, 0.25) is 0 Å². The number of carbonyl (C=O) groups is 3. The molecule has 1 N–H and O–H groups in total. The van der Waals surface area contributed by atoms with Crippen LogP contribution < -0.4 is 5.32 Å². The number of pyridine rings is 1. The van der Waals surface area contributed by atoms with Gasteiger partial charge in [-0.3, -0.25) is 19.4 Å². The lowest BCUT2D eigenvalue weighted by Gasteiger charge is -2.17. The molecule has 2 aromatic rings. The van der Waals surface area contributed by atoms with Crippen molar-refractivity contribution in [1.82, 2.24) is 10.3 Å². The van der Waals surface area contributed by atoms with Gasteiger partial charge in [-0.1, -0.05) is 5.16 Å². The minimum absolute atomic E-state index is 0.0860. The third kappa shape index (κ3) is 4.99. The average molecular weight is 473 g/mol. The fraction of sp³-hybridized carbons (Fsp3) is 0.407. The average Bonchev–Trinajstić information content (AvgIpc) is 3.32. The molecule has 0 radical (unpaired) electrons. The topological polar surface area (TPSA) is 122 Å². The Kier molecular flexibility index (Phi) is 6.53. The molecule has 1 aliphatic carbocycles. The molecule has 0 spiro atoms. The van der Waals surface area contributed by atoms with Gasteiger partial charge in [0.25, 0.3) is 5.91 Å². The molecule has 4 rings (SSSR count). The quantitative estimate of drug-likeness (QED) is 0.642. The second-order valence-corrected chi connectivity index (χ2v) is 9.88. The maximum atomic E-state index is 13.2. The summed E-state index contributed by atoms with van der Waals surface area (Å²) >= 11 is 0. The summed E-state index contributed by atoms with van der Waals surface area (Å²) < 4.78 is 0. The maximum absolute atomic E-state index is 13.2. The van der Waals surface area contributed by atoms with Gasteiger partial charge in [0.05, 0.1) is 11.3 Å². The Morgan fingerprint density at radius 2 is 1.94 bits per heavy atom. The van der Waals surface area contributed by atoms with E-state index in [2.05, 4.69) is 21.5 Å². The number of aryl methyl sites for hydroxylation is 2. The number of amides is 1. The highest BCUT2D eigenvalue weighted by Crippen LogP contribution is 2.38. The Bertz CT molecular complexity index is 1250. The standard InChI is InChI=1S/C27H28N4O4/c1-15-9-19(20-6-5-17(13-28)14-30-20)10-16(2)23(15)24-22(32)11-18(25(24)33)7-8-29-26(34)21-12-27(3,4)35-31-21/h5-6,9-10,14,18,24H,7-8,11-12H2,1-4H3,(H,29,34). The molecule has 8 heteroatoms. The number of ketones is 2. The summed E-state index contributed by atoms with van der Waals surface area (Å²) in [7, 11) is 0. The first-order chi connectivity index (χ1) is 16.6. The molecular weight excluding hydrogens is 444 g/mol. The van der Waals surface area contributed by atoms with Gasteiger partial charge in [0, 0.05) is 37.1 Å². The largest absolute Gasteiger partial charge is 0.389 e. The van der Waals surface area contributed by atoms with Gasteiger partial charge in [0.15, 0.2) is 5.78 Å². The number of oxime groups is 1. The first-order valence-electron chi connectivity index (χ1n) is 11.7. The number of nitriles is 1. The van der Waals surface area contributed by atoms with E-state index in [-0.39, 0.29) is 30.4 Å². The summed E-state index contributed by atoms with van der Waals surface area (Å²) in [5, 5.41) is 15.6. The number of hydrogen-bond acceptors (Lipinski definition) is 7. The van der Waals surface area contributed by atoms with E-state index in [0.29, 0.717) is 24.1 Å². The molecule has 2 atom stereocenters. The summed E-state index contributed by atoms with van der Waals surface area (Å²) in [4.78, 5) is 48.1. The van der Waals surface area contributed by atoms with Crippen LogP contribution in [0.5, 0.6) is 0 Å². The molecule has 0 bridgehead atoms. The molecule has 35 heavy (non-hydrogen) atoms. The minimum Gasteiger partial charge on any atom is -0.389 e. The van der Waals surface area contributed by atoms with Crippen LogP contribution in [-0.4, -0.2) is 40.3 Å². The molecule has 8 nitrogen and oxygen atoms in total. The molecule has 1 aliphatic heterocycles. The van der Waals surface area contributed by atoms with Crippen molar-refractivity contribution in [3.63, 3.8) is 0 Å². The van der Waals surface area contributed by atoms with Crippen LogP contribution in [0.15, 0.2) is 35.6 Å². The van der Waals surface area contributed by atoms with Gasteiger partial charge in [-0.05, 0) is 75.1 Å². The lowest BCUT2D eigenvalue weighted by atomic mass is 9.85. The fourth-order valence-electron chi connectivity index (χ4n) is 4.84. The second kappa shape index (κ2) is 9.41. The predicted octanol–water partition coefficient (Wildman–Crippen LogP) is 3.54. The molecule has 180 valence electrons. The summed E-state index contributed by atoms with van der Waals surface area (Å²) in [6.07, 6.45) is 2.52. The van der Waals surface area contributed by atoms with Crippen molar-refractivity contribution in [3.8, 4) is 17.3 Å². The van der Waals surface area contributed by atoms with Crippen molar-refractivity contribution in [2.75, 3.05) is 6.54 Å². The van der Waals surface area contributed by atoms with E-state index < -0.39 is 17.4 Å². The number of aromatic nitrogens is 1. The highest BCUT2D eigenvalue weighted by Gasteiger charge is 2.43. The molecule has 2 heterocycles. The molecule has 2 unspecified atom stereocenters. The van der Waals surface area contributed by atoms with E-state index in [4.69, 9.17) is 10.1 Å². The number of Topliss-reactive ketones (excluding diaryl/α,β-unsaturated/α-hetero) is 2. The summed E-state index contributed by atoms with van der Waals surface area (Å²) in [5.41, 5.74) is 4.38. The number of hydrogen-bond donors (Lipinski definition) is 1. The van der Waals surface area contributed by atoms with Crippen LogP contribution in [-0.2, 0) is 19.2 Å². The first kappa shape index (κ1) is 24.3. The zero-order valence-corrected chi connectivity index (χ0v) is 20.3. The minimum atomic E-state index is -0.785. The van der Waals surface area contributed by atoms with Gasteiger partial charge < -0.3 is 10.2 Å². The molecule has 1 saturated carbocycles. The third-order valence-corrected chi connectivity index (χ3v) is 6.56. The molecular formula is C27H28N4O4. The van der Waals surface area contributed by atoms with Crippen molar-refractivity contribution in [3.05, 3.63) is 52.7 Å². The van der Waals surface area contributed by atoms with E-state index >= 15 is 0 Å². The van der Waals surface area contributed by atoms with Crippen LogP contribution in [0.1, 0.15) is 61.3 Å². The van der Waals surface area contributed by atoms with E-state index in [1.165, 1.54) is 6.20 Å². The Morgan fingerprint density at radius 1 is 1.23 bits per heavy atom. The molecule has 2 aliphatic rings. The Balaban J connectivity index is 1.44. The lowest BCUT2D eigenvalue weighted by molar-refractivity contribution is -0.125.